The van der Waals surface area contributed by atoms with Crippen LogP contribution in [0.25, 0.3) is 0 Å². The first-order chi connectivity index (χ1) is 10.4. The Morgan fingerprint density at radius 2 is 1.77 bits per heavy atom. The highest BCUT2D eigenvalue weighted by Crippen LogP contribution is 2.32. The Morgan fingerprint density at radius 3 is 2.41 bits per heavy atom. The van der Waals surface area contributed by atoms with Gasteiger partial charge in [-0.3, -0.25) is 4.79 Å². The van der Waals surface area contributed by atoms with Crippen molar-refractivity contribution in [1.29, 1.82) is 0 Å². The van der Waals surface area contributed by atoms with E-state index in [-0.39, 0.29) is 11.6 Å². The van der Waals surface area contributed by atoms with Gasteiger partial charge < -0.3 is 10.1 Å². The number of ether oxygens (including phenoxy) is 1. The normalized spacial score (nSPS) is 11.1. The summed E-state index contributed by atoms with van der Waals surface area (Å²) >= 11 is 0. The minimum absolute atomic E-state index is 0.201. The Labute approximate surface area is 127 Å². The molecule has 0 aliphatic carbocycles. The minimum atomic E-state index is -1.01. The van der Waals surface area contributed by atoms with Gasteiger partial charge in [0, 0.05) is 17.3 Å². The molecule has 22 heavy (non-hydrogen) atoms. The molecule has 0 heterocycles. The van der Waals surface area contributed by atoms with Crippen LogP contribution in [0.1, 0.15) is 19.4 Å². The molecule has 1 N–H and O–H groups in total. The number of hydrogen-bond donors (Lipinski definition) is 1. The maximum absolute atomic E-state index is 13.2. The minimum Gasteiger partial charge on any atom is -0.496 e. The van der Waals surface area contributed by atoms with Crippen molar-refractivity contribution in [3.8, 4) is 5.75 Å². The molecule has 0 fully saturated rings. The van der Waals surface area contributed by atoms with Gasteiger partial charge in [-0.05, 0) is 32.0 Å². The smallest absolute Gasteiger partial charge is 0.234 e. The molecule has 0 bridgehead atoms. The van der Waals surface area contributed by atoms with Gasteiger partial charge in [0.05, 0.1) is 12.5 Å². The number of nitrogens with one attached hydrogen (secondary N) is 1. The fourth-order valence-electron chi connectivity index (χ4n) is 2.14. The summed E-state index contributed by atoms with van der Waals surface area (Å²) in [5, 5.41) is 2.60. The maximum atomic E-state index is 13.2. The van der Waals surface area contributed by atoms with E-state index < -0.39 is 17.0 Å². The van der Waals surface area contributed by atoms with E-state index in [4.69, 9.17) is 4.74 Å². The molecule has 0 spiro atoms. The maximum Gasteiger partial charge on any atom is 0.234 e. The quantitative estimate of drug-likeness (QED) is 0.930. The highest BCUT2D eigenvalue weighted by atomic mass is 19.2. The number of benzene rings is 2. The van der Waals surface area contributed by atoms with Crippen molar-refractivity contribution in [1.82, 2.24) is 0 Å². The van der Waals surface area contributed by atoms with E-state index >= 15 is 0 Å². The second kappa shape index (κ2) is 6.13. The molecule has 116 valence electrons. The molecule has 3 nitrogen and oxygen atoms in total. The number of amides is 1. The van der Waals surface area contributed by atoms with Crippen LogP contribution in [-0.4, -0.2) is 13.0 Å². The van der Waals surface area contributed by atoms with Crippen molar-refractivity contribution in [3.63, 3.8) is 0 Å². The molecule has 5 heteroatoms. The number of carbonyl (C=O) groups is 1. The third-order valence-corrected chi connectivity index (χ3v) is 3.53. The Balaban J connectivity index is 2.28. The fraction of sp³-hybridized carbons (Fsp3) is 0.235. The van der Waals surface area contributed by atoms with Gasteiger partial charge >= 0.3 is 0 Å². The van der Waals surface area contributed by atoms with Crippen LogP contribution < -0.4 is 10.1 Å². The molecular weight excluding hydrogens is 288 g/mol. The molecule has 0 saturated carbocycles. The molecule has 0 atom stereocenters. The first kappa shape index (κ1) is 15.9. The van der Waals surface area contributed by atoms with Gasteiger partial charge in [0.1, 0.15) is 5.75 Å². The second-order valence-corrected chi connectivity index (χ2v) is 5.41. The summed E-state index contributed by atoms with van der Waals surface area (Å²) < 4.78 is 31.4. The van der Waals surface area contributed by atoms with Gasteiger partial charge in [-0.15, -0.1) is 0 Å². The van der Waals surface area contributed by atoms with Crippen molar-refractivity contribution in [3.05, 3.63) is 59.7 Å². The molecule has 2 rings (SSSR count). The molecular formula is C17H17F2NO2. The molecule has 0 saturated heterocycles. The topological polar surface area (TPSA) is 38.3 Å². The van der Waals surface area contributed by atoms with Crippen LogP contribution in [0.15, 0.2) is 42.5 Å². The third-order valence-electron chi connectivity index (χ3n) is 3.53. The molecule has 2 aromatic carbocycles. The summed E-state index contributed by atoms with van der Waals surface area (Å²) in [6.07, 6.45) is 0. The van der Waals surface area contributed by atoms with Gasteiger partial charge in [-0.25, -0.2) is 8.78 Å². The Hall–Kier alpha value is -2.43. The molecule has 0 aliphatic heterocycles. The highest BCUT2D eigenvalue weighted by molar-refractivity contribution is 5.99. The monoisotopic (exact) mass is 305 g/mol. The number of anilines is 1. The molecule has 0 unspecified atom stereocenters. The summed E-state index contributed by atoms with van der Waals surface area (Å²) in [4.78, 5) is 12.5. The van der Waals surface area contributed by atoms with Gasteiger partial charge in [0.15, 0.2) is 11.6 Å². The van der Waals surface area contributed by atoms with Crippen molar-refractivity contribution in [2.24, 2.45) is 0 Å². The van der Waals surface area contributed by atoms with Gasteiger partial charge in [-0.2, -0.15) is 0 Å². The predicted molar refractivity (Wildman–Crippen MR) is 81.0 cm³/mol. The van der Waals surface area contributed by atoms with Gasteiger partial charge in [0.25, 0.3) is 0 Å². The van der Waals surface area contributed by atoms with Crippen LogP contribution in [-0.2, 0) is 10.2 Å². The zero-order chi connectivity index (χ0) is 16.3. The average molecular weight is 305 g/mol. The number of methoxy groups -OCH3 is 1. The predicted octanol–water partition coefficient (Wildman–Crippen LogP) is 3.89. The zero-order valence-corrected chi connectivity index (χ0v) is 12.6. The first-order valence-corrected chi connectivity index (χ1v) is 6.76. The lowest BCUT2D eigenvalue weighted by molar-refractivity contribution is -0.120. The number of hydrogen-bond acceptors (Lipinski definition) is 2. The van der Waals surface area contributed by atoms with Crippen molar-refractivity contribution < 1.29 is 18.3 Å². The number of para-hydroxylation sites is 1. The van der Waals surface area contributed by atoms with Crippen LogP contribution in [0, 0.1) is 11.6 Å². The molecule has 1 amide bonds. The lowest BCUT2D eigenvalue weighted by Crippen LogP contribution is -2.35. The number of rotatable bonds is 4. The second-order valence-electron chi connectivity index (χ2n) is 5.41. The number of carbonyl (C=O) groups excluding carboxylic acids is 1. The summed E-state index contributed by atoms with van der Waals surface area (Å²) in [6, 6.07) is 10.4. The van der Waals surface area contributed by atoms with Crippen LogP contribution >= 0.6 is 0 Å². The van der Waals surface area contributed by atoms with E-state index in [0.29, 0.717) is 11.3 Å². The standard InChI is InChI=1S/C17H17F2NO2/c1-17(2,12-6-4-5-7-15(12)22-3)16(21)20-11-8-9-13(18)14(19)10-11/h4-10H,1-3H3,(H,20,21). The number of halogens is 2. The summed E-state index contributed by atoms with van der Waals surface area (Å²) in [5.41, 5.74) is 0.00161. The molecule has 0 aromatic heterocycles. The Morgan fingerprint density at radius 1 is 1.09 bits per heavy atom. The van der Waals surface area contributed by atoms with E-state index in [1.807, 2.05) is 12.1 Å². The van der Waals surface area contributed by atoms with Crippen molar-refractivity contribution >= 4 is 11.6 Å². The van der Waals surface area contributed by atoms with E-state index in [0.717, 1.165) is 12.1 Å². The Bertz CT molecular complexity index is 699. The molecule has 2 aromatic rings. The van der Waals surface area contributed by atoms with Crippen LogP contribution in [0.4, 0.5) is 14.5 Å². The molecule has 0 radical (unpaired) electrons. The van der Waals surface area contributed by atoms with E-state index in [1.165, 1.54) is 13.2 Å². The summed E-state index contributed by atoms with van der Waals surface area (Å²) in [7, 11) is 1.53. The van der Waals surface area contributed by atoms with Crippen LogP contribution in [0.2, 0.25) is 0 Å². The third kappa shape index (κ3) is 3.08. The fourth-order valence-corrected chi connectivity index (χ4v) is 2.14. The summed E-state index contributed by atoms with van der Waals surface area (Å²) in [5.74, 6) is -1.72. The summed E-state index contributed by atoms with van der Waals surface area (Å²) in [6.45, 7) is 3.47. The average Bonchev–Trinajstić information content (AvgIpc) is 2.50. The van der Waals surface area contributed by atoms with E-state index in [1.54, 1.807) is 26.0 Å². The lowest BCUT2D eigenvalue weighted by Gasteiger charge is -2.26. The lowest BCUT2D eigenvalue weighted by atomic mass is 9.83. The van der Waals surface area contributed by atoms with Crippen molar-refractivity contribution in [2.45, 2.75) is 19.3 Å². The van der Waals surface area contributed by atoms with Gasteiger partial charge in [0.2, 0.25) is 5.91 Å². The van der Waals surface area contributed by atoms with E-state index in [2.05, 4.69) is 5.32 Å². The van der Waals surface area contributed by atoms with Gasteiger partial charge in [-0.1, -0.05) is 18.2 Å². The SMILES string of the molecule is COc1ccccc1C(C)(C)C(=O)Nc1ccc(F)c(F)c1. The molecule has 0 aliphatic rings. The van der Waals surface area contributed by atoms with Crippen LogP contribution in [0.3, 0.4) is 0 Å². The Kier molecular flexibility index (Phi) is 4.45. The highest BCUT2D eigenvalue weighted by Gasteiger charge is 2.32. The first-order valence-electron chi connectivity index (χ1n) is 6.76. The van der Waals surface area contributed by atoms with E-state index in [9.17, 15) is 13.6 Å². The zero-order valence-electron chi connectivity index (χ0n) is 12.6. The van der Waals surface area contributed by atoms with Crippen molar-refractivity contribution in [2.75, 3.05) is 12.4 Å². The van der Waals surface area contributed by atoms with Crippen LogP contribution in [0.5, 0.6) is 5.75 Å². The largest absolute Gasteiger partial charge is 0.496 e.